The summed E-state index contributed by atoms with van der Waals surface area (Å²) in [4.78, 5) is 11.5. The number of halogens is 2. The highest BCUT2D eigenvalue weighted by atomic mass is 35.5. The molecule has 2 aromatic rings. The van der Waals surface area contributed by atoms with Gasteiger partial charge in [-0.3, -0.25) is 4.79 Å². The summed E-state index contributed by atoms with van der Waals surface area (Å²) in [6.45, 7) is 0. The van der Waals surface area contributed by atoms with Crippen LogP contribution in [0.15, 0.2) is 42.5 Å². The number of carboxylic acids is 1. The third-order valence-corrected chi connectivity index (χ3v) is 3.82. The number of hydrogen-bond acceptors (Lipinski definition) is 2. The Labute approximate surface area is 126 Å². The summed E-state index contributed by atoms with van der Waals surface area (Å²) in [6.07, 6.45) is 0.234. The lowest BCUT2D eigenvalue weighted by Gasteiger charge is -2.15. The number of nitrogens with two attached hydrogens (primary N) is 1. The van der Waals surface area contributed by atoms with Crippen molar-refractivity contribution in [2.75, 3.05) is 5.73 Å². The summed E-state index contributed by atoms with van der Waals surface area (Å²) < 4.78 is 0. The van der Waals surface area contributed by atoms with Crippen molar-refractivity contribution in [1.82, 2.24) is 0 Å². The van der Waals surface area contributed by atoms with Crippen LogP contribution in [-0.4, -0.2) is 11.1 Å². The van der Waals surface area contributed by atoms with Crippen LogP contribution < -0.4 is 5.73 Å². The van der Waals surface area contributed by atoms with Crippen molar-refractivity contribution in [2.45, 2.75) is 12.3 Å². The number of nitrogen functional groups attached to an aromatic ring is 1. The molecular weight excluding hydrogens is 297 g/mol. The molecule has 0 aliphatic carbocycles. The molecule has 3 N–H and O–H groups in total. The molecule has 0 saturated heterocycles. The Morgan fingerprint density at radius 1 is 1.10 bits per heavy atom. The van der Waals surface area contributed by atoms with Crippen molar-refractivity contribution in [3.8, 4) is 0 Å². The van der Waals surface area contributed by atoms with E-state index in [1.54, 1.807) is 42.5 Å². The first-order chi connectivity index (χ1) is 9.49. The van der Waals surface area contributed by atoms with E-state index in [0.717, 1.165) is 0 Å². The lowest BCUT2D eigenvalue weighted by atomic mass is 9.92. The molecule has 0 aliphatic heterocycles. The molecule has 0 aliphatic rings. The molecule has 2 rings (SSSR count). The molecule has 0 bridgehead atoms. The molecule has 0 fully saturated rings. The zero-order chi connectivity index (χ0) is 14.7. The first-order valence-electron chi connectivity index (χ1n) is 6.00. The molecule has 0 heterocycles. The third-order valence-electron chi connectivity index (χ3n) is 3.11. The SMILES string of the molecule is Nc1ccc(C(Cc2c(Cl)cccc2Cl)C(=O)O)cc1. The van der Waals surface area contributed by atoms with Gasteiger partial charge < -0.3 is 10.8 Å². The molecule has 0 amide bonds. The van der Waals surface area contributed by atoms with Gasteiger partial charge in [0.2, 0.25) is 0 Å². The van der Waals surface area contributed by atoms with Gasteiger partial charge in [0.15, 0.2) is 0 Å². The van der Waals surface area contributed by atoms with Gasteiger partial charge in [0.25, 0.3) is 0 Å². The average molecular weight is 310 g/mol. The van der Waals surface area contributed by atoms with Gasteiger partial charge in [0.1, 0.15) is 0 Å². The van der Waals surface area contributed by atoms with E-state index < -0.39 is 11.9 Å². The lowest BCUT2D eigenvalue weighted by Crippen LogP contribution is -2.15. The molecule has 20 heavy (non-hydrogen) atoms. The molecule has 2 aromatic carbocycles. The Hall–Kier alpha value is -1.71. The van der Waals surface area contributed by atoms with Crippen molar-refractivity contribution >= 4 is 34.9 Å². The number of carbonyl (C=O) groups is 1. The molecule has 104 valence electrons. The smallest absolute Gasteiger partial charge is 0.311 e. The fourth-order valence-electron chi connectivity index (χ4n) is 2.01. The van der Waals surface area contributed by atoms with Crippen LogP contribution in [0.1, 0.15) is 17.0 Å². The second-order valence-electron chi connectivity index (χ2n) is 4.46. The largest absolute Gasteiger partial charge is 0.481 e. The van der Waals surface area contributed by atoms with Gasteiger partial charge in [-0.05, 0) is 41.8 Å². The van der Waals surface area contributed by atoms with Crippen LogP contribution in [0.5, 0.6) is 0 Å². The van der Waals surface area contributed by atoms with Gasteiger partial charge in [0, 0.05) is 15.7 Å². The van der Waals surface area contributed by atoms with Crippen LogP contribution in [0.2, 0.25) is 10.0 Å². The normalized spacial score (nSPS) is 12.1. The van der Waals surface area contributed by atoms with Crippen molar-refractivity contribution in [3.05, 3.63) is 63.6 Å². The Morgan fingerprint density at radius 2 is 1.65 bits per heavy atom. The number of rotatable bonds is 4. The van der Waals surface area contributed by atoms with E-state index in [2.05, 4.69) is 0 Å². The second-order valence-corrected chi connectivity index (χ2v) is 5.28. The lowest BCUT2D eigenvalue weighted by molar-refractivity contribution is -0.138. The van der Waals surface area contributed by atoms with Gasteiger partial charge in [-0.2, -0.15) is 0 Å². The van der Waals surface area contributed by atoms with Gasteiger partial charge in [-0.25, -0.2) is 0 Å². The molecule has 0 radical (unpaired) electrons. The summed E-state index contributed by atoms with van der Waals surface area (Å²) in [6, 6.07) is 11.9. The predicted molar refractivity (Wildman–Crippen MR) is 81.4 cm³/mol. The van der Waals surface area contributed by atoms with Crippen LogP contribution in [0.4, 0.5) is 5.69 Å². The summed E-state index contributed by atoms with van der Waals surface area (Å²) >= 11 is 12.2. The van der Waals surface area contributed by atoms with E-state index in [1.165, 1.54) is 0 Å². The number of benzene rings is 2. The number of anilines is 1. The molecule has 1 unspecified atom stereocenters. The van der Waals surface area contributed by atoms with Crippen molar-refractivity contribution < 1.29 is 9.90 Å². The minimum Gasteiger partial charge on any atom is -0.481 e. The van der Waals surface area contributed by atoms with E-state index in [0.29, 0.717) is 26.9 Å². The maximum absolute atomic E-state index is 11.5. The predicted octanol–water partition coefficient (Wildman–Crippen LogP) is 3.99. The highest BCUT2D eigenvalue weighted by Gasteiger charge is 2.22. The first-order valence-corrected chi connectivity index (χ1v) is 6.75. The summed E-state index contributed by atoms with van der Waals surface area (Å²) in [5.74, 6) is -1.64. The number of carboxylic acid groups (broad SMARTS) is 1. The van der Waals surface area contributed by atoms with Gasteiger partial charge in [-0.15, -0.1) is 0 Å². The standard InChI is InChI=1S/C15H13Cl2NO2/c16-13-2-1-3-14(17)12(13)8-11(15(19)20)9-4-6-10(18)7-5-9/h1-7,11H,8,18H2,(H,19,20). The topological polar surface area (TPSA) is 63.3 Å². The van der Waals surface area contributed by atoms with Gasteiger partial charge in [0.05, 0.1) is 5.92 Å². The van der Waals surface area contributed by atoms with Gasteiger partial charge in [-0.1, -0.05) is 41.4 Å². The van der Waals surface area contributed by atoms with Crippen LogP contribution >= 0.6 is 23.2 Å². The molecule has 1 atom stereocenters. The zero-order valence-corrected chi connectivity index (χ0v) is 12.0. The van der Waals surface area contributed by atoms with Crippen LogP contribution in [0.25, 0.3) is 0 Å². The summed E-state index contributed by atoms with van der Waals surface area (Å²) in [5, 5.41) is 10.4. The van der Waals surface area contributed by atoms with Crippen molar-refractivity contribution in [2.24, 2.45) is 0 Å². The molecular formula is C15H13Cl2NO2. The molecule has 0 spiro atoms. The highest BCUT2D eigenvalue weighted by Crippen LogP contribution is 2.30. The van der Waals surface area contributed by atoms with Crippen LogP contribution in [0, 0.1) is 0 Å². The number of hydrogen-bond donors (Lipinski definition) is 2. The van der Waals surface area contributed by atoms with Crippen LogP contribution in [-0.2, 0) is 11.2 Å². The Bertz CT molecular complexity index is 606. The summed E-state index contributed by atoms with van der Waals surface area (Å²) in [5.41, 5.74) is 7.51. The maximum atomic E-state index is 11.5. The highest BCUT2D eigenvalue weighted by molar-refractivity contribution is 6.36. The minimum absolute atomic E-state index is 0.234. The first kappa shape index (κ1) is 14.7. The Kier molecular flexibility index (Phi) is 4.53. The van der Waals surface area contributed by atoms with Gasteiger partial charge >= 0.3 is 5.97 Å². The fourth-order valence-corrected chi connectivity index (χ4v) is 2.56. The summed E-state index contributed by atoms with van der Waals surface area (Å²) in [7, 11) is 0. The molecule has 5 heteroatoms. The maximum Gasteiger partial charge on any atom is 0.311 e. The minimum atomic E-state index is -0.925. The van der Waals surface area contributed by atoms with E-state index in [9.17, 15) is 9.90 Å². The average Bonchev–Trinajstić information content (AvgIpc) is 2.39. The van der Waals surface area contributed by atoms with Crippen molar-refractivity contribution in [1.29, 1.82) is 0 Å². The zero-order valence-electron chi connectivity index (χ0n) is 10.5. The van der Waals surface area contributed by atoms with E-state index in [1.807, 2.05) is 0 Å². The van der Waals surface area contributed by atoms with Crippen LogP contribution in [0.3, 0.4) is 0 Å². The van der Waals surface area contributed by atoms with E-state index in [4.69, 9.17) is 28.9 Å². The monoisotopic (exact) mass is 309 g/mol. The fraction of sp³-hybridized carbons (Fsp3) is 0.133. The Morgan fingerprint density at radius 3 is 2.15 bits per heavy atom. The Balaban J connectivity index is 2.35. The third kappa shape index (κ3) is 3.24. The molecule has 0 saturated carbocycles. The van der Waals surface area contributed by atoms with Crippen molar-refractivity contribution in [3.63, 3.8) is 0 Å². The second kappa shape index (κ2) is 6.16. The quantitative estimate of drug-likeness (QED) is 0.839. The molecule has 3 nitrogen and oxygen atoms in total. The molecule has 0 aromatic heterocycles. The van der Waals surface area contributed by atoms with E-state index in [-0.39, 0.29) is 6.42 Å². The number of aliphatic carboxylic acids is 1. The van der Waals surface area contributed by atoms with E-state index >= 15 is 0 Å².